The van der Waals surface area contributed by atoms with Gasteiger partial charge in [-0.3, -0.25) is 4.79 Å². The van der Waals surface area contributed by atoms with Gasteiger partial charge in [0.1, 0.15) is 0 Å². The van der Waals surface area contributed by atoms with Gasteiger partial charge in [0, 0.05) is 0 Å². The topological polar surface area (TPSA) is 26.3 Å². The maximum Gasteiger partial charge on any atom is 0.311 e. The van der Waals surface area contributed by atoms with E-state index in [9.17, 15) is 4.79 Å². The van der Waals surface area contributed by atoms with Crippen molar-refractivity contribution >= 4 is 5.97 Å². The third-order valence-electron chi connectivity index (χ3n) is 5.22. The molecular weight excluding hydrogens is 296 g/mol. The molecular formula is C22H30O2. The predicted molar refractivity (Wildman–Crippen MR) is 99.2 cm³/mol. The highest BCUT2D eigenvalue weighted by Crippen LogP contribution is 2.60. The molecule has 24 heavy (non-hydrogen) atoms. The number of rotatable bonds is 5. The highest BCUT2D eigenvalue weighted by molar-refractivity contribution is 5.79. The molecule has 0 amide bonds. The Morgan fingerprint density at radius 1 is 1.38 bits per heavy atom. The monoisotopic (exact) mass is 326 g/mol. The minimum Gasteiger partial charge on any atom is -0.444 e. The van der Waals surface area contributed by atoms with Crippen LogP contribution in [0, 0.1) is 29.6 Å². The van der Waals surface area contributed by atoms with Crippen molar-refractivity contribution in [3.63, 3.8) is 0 Å². The van der Waals surface area contributed by atoms with Gasteiger partial charge < -0.3 is 4.74 Å². The molecule has 0 aromatic carbocycles. The lowest BCUT2D eigenvalue weighted by Crippen LogP contribution is -2.20. The van der Waals surface area contributed by atoms with Crippen LogP contribution < -0.4 is 0 Å². The van der Waals surface area contributed by atoms with Crippen molar-refractivity contribution in [1.82, 2.24) is 0 Å². The Bertz CT molecular complexity index is 621. The van der Waals surface area contributed by atoms with Gasteiger partial charge in [-0.1, -0.05) is 49.1 Å². The lowest BCUT2D eigenvalue weighted by molar-refractivity contribution is -0.147. The molecule has 130 valence electrons. The van der Waals surface area contributed by atoms with E-state index in [0.29, 0.717) is 0 Å². The zero-order valence-corrected chi connectivity index (χ0v) is 15.7. The standard InChI is InChI=1S/C22H30O2/c1-7-19(16(4)14-17-11-9-8-10-12-17)24-21(23)20-18(13-15(2)3)22(20,5)6/h1,11,13-14,18-20H,8-10,12H2,2-6H3. The van der Waals surface area contributed by atoms with Crippen LogP contribution in [-0.4, -0.2) is 12.1 Å². The number of carbonyl (C=O) groups excluding carboxylic acids is 1. The third kappa shape index (κ3) is 4.20. The van der Waals surface area contributed by atoms with E-state index in [1.807, 2.05) is 6.92 Å². The zero-order valence-electron chi connectivity index (χ0n) is 15.7. The van der Waals surface area contributed by atoms with Crippen LogP contribution in [0.4, 0.5) is 0 Å². The molecule has 0 aliphatic heterocycles. The summed E-state index contributed by atoms with van der Waals surface area (Å²) in [6.45, 7) is 10.3. The fourth-order valence-corrected chi connectivity index (χ4v) is 3.61. The Labute approximate surface area is 147 Å². The number of ether oxygens (including phenoxy) is 1. The van der Waals surface area contributed by atoms with E-state index in [0.717, 1.165) is 18.4 Å². The molecule has 0 spiro atoms. The predicted octanol–water partition coefficient (Wildman–Crippen LogP) is 5.22. The molecule has 2 nitrogen and oxygen atoms in total. The minimum absolute atomic E-state index is 0.0446. The fourth-order valence-electron chi connectivity index (χ4n) is 3.61. The van der Waals surface area contributed by atoms with Crippen LogP contribution in [-0.2, 0) is 9.53 Å². The van der Waals surface area contributed by atoms with E-state index < -0.39 is 6.10 Å². The van der Waals surface area contributed by atoms with E-state index in [2.05, 4.69) is 51.8 Å². The van der Waals surface area contributed by atoms with Gasteiger partial charge in [-0.15, -0.1) is 6.42 Å². The summed E-state index contributed by atoms with van der Waals surface area (Å²) in [5.74, 6) is 2.62. The Hall–Kier alpha value is -1.75. The lowest BCUT2D eigenvalue weighted by atomic mass is 9.97. The van der Waals surface area contributed by atoms with E-state index in [1.165, 1.54) is 24.0 Å². The van der Waals surface area contributed by atoms with Gasteiger partial charge >= 0.3 is 5.97 Å². The number of terminal acetylenes is 1. The summed E-state index contributed by atoms with van der Waals surface area (Å²) in [5, 5.41) is 0. The molecule has 2 aliphatic carbocycles. The second-order valence-corrected chi connectivity index (χ2v) is 7.97. The van der Waals surface area contributed by atoms with Crippen LogP contribution in [0.15, 0.2) is 34.9 Å². The van der Waals surface area contributed by atoms with E-state index in [-0.39, 0.29) is 23.2 Å². The fraction of sp³-hybridized carbons (Fsp3) is 0.591. The van der Waals surface area contributed by atoms with Crippen molar-refractivity contribution in [3.05, 3.63) is 34.9 Å². The Morgan fingerprint density at radius 3 is 2.62 bits per heavy atom. The van der Waals surface area contributed by atoms with Crippen LogP contribution in [0.5, 0.6) is 0 Å². The summed E-state index contributed by atoms with van der Waals surface area (Å²) in [6.07, 6.45) is 16.3. The smallest absolute Gasteiger partial charge is 0.311 e. The Kier molecular flexibility index (Phi) is 5.75. The lowest BCUT2D eigenvalue weighted by Gasteiger charge is -2.16. The van der Waals surface area contributed by atoms with Crippen molar-refractivity contribution in [2.75, 3.05) is 0 Å². The maximum atomic E-state index is 12.6. The molecule has 3 atom stereocenters. The molecule has 0 heterocycles. The van der Waals surface area contributed by atoms with Gasteiger partial charge in [0.05, 0.1) is 5.92 Å². The molecule has 1 fully saturated rings. The largest absolute Gasteiger partial charge is 0.444 e. The number of hydrogen-bond acceptors (Lipinski definition) is 2. The number of allylic oxidation sites excluding steroid dienone is 5. The molecule has 3 unspecified atom stereocenters. The first-order valence-corrected chi connectivity index (χ1v) is 8.96. The van der Waals surface area contributed by atoms with Crippen LogP contribution >= 0.6 is 0 Å². The summed E-state index contributed by atoms with van der Waals surface area (Å²) in [6, 6.07) is 0. The quantitative estimate of drug-likeness (QED) is 0.393. The van der Waals surface area contributed by atoms with Crippen molar-refractivity contribution < 1.29 is 9.53 Å². The molecule has 0 bridgehead atoms. The van der Waals surface area contributed by atoms with Gasteiger partial charge in [-0.25, -0.2) is 0 Å². The second-order valence-electron chi connectivity index (χ2n) is 7.97. The van der Waals surface area contributed by atoms with Crippen LogP contribution in [0.2, 0.25) is 0 Å². The molecule has 2 rings (SSSR count). The first kappa shape index (κ1) is 18.6. The Morgan fingerprint density at radius 2 is 2.08 bits per heavy atom. The van der Waals surface area contributed by atoms with Crippen LogP contribution in [0.1, 0.15) is 60.3 Å². The first-order chi connectivity index (χ1) is 11.3. The van der Waals surface area contributed by atoms with E-state index in [1.54, 1.807) is 0 Å². The number of carbonyl (C=O) groups is 1. The molecule has 0 radical (unpaired) electrons. The molecule has 0 N–H and O–H groups in total. The van der Waals surface area contributed by atoms with Gasteiger partial charge in [0.15, 0.2) is 6.10 Å². The normalized spacial score (nSPS) is 26.7. The average molecular weight is 326 g/mol. The SMILES string of the molecule is C#CC(OC(=O)C1C(C=C(C)C)C1(C)C)C(C)=CC1=CCCCC1. The summed E-state index contributed by atoms with van der Waals surface area (Å²) in [5.41, 5.74) is 3.44. The summed E-state index contributed by atoms with van der Waals surface area (Å²) >= 11 is 0. The van der Waals surface area contributed by atoms with Crippen LogP contribution in [0.3, 0.4) is 0 Å². The molecule has 0 aromatic heterocycles. The van der Waals surface area contributed by atoms with Crippen molar-refractivity contribution in [3.8, 4) is 12.3 Å². The molecule has 2 aliphatic rings. The van der Waals surface area contributed by atoms with Gasteiger partial charge in [0.25, 0.3) is 0 Å². The number of hydrogen-bond donors (Lipinski definition) is 0. The highest BCUT2D eigenvalue weighted by Gasteiger charge is 2.61. The highest BCUT2D eigenvalue weighted by atomic mass is 16.5. The maximum absolute atomic E-state index is 12.6. The van der Waals surface area contributed by atoms with Crippen LogP contribution in [0.25, 0.3) is 0 Å². The van der Waals surface area contributed by atoms with Gasteiger partial charge in [-0.2, -0.15) is 0 Å². The average Bonchev–Trinajstić information content (AvgIpc) is 3.05. The van der Waals surface area contributed by atoms with Crippen molar-refractivity contribution in [2.24, 2.45) is 17.3 Å². The van der Waals surface area contributed by atoms with Gasteiger partial charge in [0.2, 0.25) is 0 Å². The zero-order chi connectivity index (χ0) is 17.9. The third-order valence-corrected chi connectivity index (χ3v) is 5.22. The molecule has 2 heteroatoms. The number of esters is 1. The summed E-state index contributed by atoms with van der Waals surface area (Å²) in [4.78, 5) is 12.6. The van der Waals surface area contributed by atoms with E-state index in [4.69, 9.17) is 11.2 Å². The molecule has 0 saturated heterocycles. The van der Waals surface area contributed by atoms with Gasteiger partial charge in [-0.05, 0) is 63.4 Å². The van der Waals surface area contributed by atoms with Crippen molar-refractivity contribution in [1.29, 1.82) is 0 Å². The second kappa shape index (κ2) is 7.43. The minimum atomic E-state index is -0.566. The Balaban J connectivity index is 2.04. The summed E-state index contributed by atoms with van der Waals surface area (Å²) in [7, 11) is 0. The first-order valence-electron chi connectivity index (χ1n) is 8.96. The summed E-state index contributed by atoms with van der Waals surface area (Å²) < 4.78 is 5.67. The van der Waals surface area contributed by atoms with E-state index >= 15 is 0 Å². The molecule has 1 saturated carbocycles. The van der Waals surface area contributed by atoms with Crippen molar-refractivity contribution in [2.45, 2.75) is 66.4 Å². The molecule has 0 aromatic rings.